The van der Waals surface area contributed by atoms with Crippen molar-refractivity contribution in [2.24, 2.45) is 4.99 Å². The summed E-state index contributed by atoms with van der Waals surface area (Å²) in [5, 5.41) is 6.59. The lowest BCUT2D eigenvalue weighted by Crippen LogP contribution is -2.40. The molecule has 0 spiro atoms. The maximum atomic E-state index is 12.7. The third-order valence-electron chi connectivity index (χ3n) is 4.80. The Morgan fingerprint density at radius 1 is 1.17 bits per heavy atom. The van der Waals surface area contributed by atoms with E-state index < -0.39 is 10.0 Å². The molecule has 10 heteroatoms. The van der Waals surface area contributed by atoms with Gasteiger partial charge in [-0.1, -0.05) is 37.3 Å². The average Bonchev–Trinajstić information content (AvgIpc) is 3.25. The summed E-state index contributed by atoms with van der Waals surface area (Å²) in [5.41, 5.74) is 1.27. The number of thiophene rings is 1. The summed E-state index contributed by atoms with van der Waals surface area (Å²) in [6, 6.07) is 13.9. The third kappa shape index (κ3) is 6.64. The SMILES string of the molecule is CN=C(NCc1ccc(S(=O)(=O)N2CCOCC2)s1)NCC(C)c1ccccc1.I. The molecule has 3 rings (SSSR count). The molecule has 1 aliphatic heterocycles. The van der Waals surface area contributed by atoms with Crippen LogP contribution >= 0.6 is 35.3 Å². The number of morpholine rings is 1. The van der Waals surface area contributed by atoms with Gasteiger partial charge in [0.05, 0.1) is 19.8 Å². The summed E-state index contributed by atoms with van der Waals surface area (Å²) in [5.74, 6) is 1.04. The van der Waals surface area contributed by atoms with Crippen LogP contribution in [0, 0.1) is 0 Å². The zero-order valence-electron chi connectivity index (χ0n) is 17.2. The van der Waals surface area contributed by atoms with E-state index in [9.17, 15) is 8.42 Å². The van der Waals surface area contributed by atoms with E-state index in [0.29, 0.717) is 48.9 Å². The van der Waals surface area contributed by atoms with Gasteiger partial charge in [0.25, 0.3) is 10.0 Å². The van der Waals surface area contributed by atoms with Gasteiger partial charge in [-0.25, -0.2) is 8.42 Å². The van der Waals surface area contributed by atoms with Crippen molar-refractivity contribution in [2.45, 2.75) is 23.6 Å². The Labute approximate surface area is 200 Å². The second-order valence-corrected chi connectivity index (χ2v) is 10.2. The van der Waals surface area contributed by atoms with Crippen molar-refractivity contribution >= 4 is 51.3 Å². The van der Waals surface area contributed by atoms with Crippen LogP contribution in [0.4, 0.5) is 0 Å². The molecule has 1 aromatic carbocycles. The minimum absolute atomic E-state index is 0. The van der Waals surface area contributed by atoms with Crippen LogP contribution in [0.1, 0.15) is 23.3 Å². The Kier molecular flexibility index (Phi) is 10.0. The maximum absolute atomic E-state index is 12.7. The second-order valence-electron chi connectivity index (χ2n) is 6.86. The van der Waals surface area contributed by atoms with Crippen molar-refractivity contribution in [3.05, 3.63) is 52.9 Å². The Balaban J connectivity index is 0.00000320. The number of sulfonamides is 1. The fourth-order valence-electron chi connectivity index (χ4n) is 3.05. The van der Waals surface area contributed by atoms with Crippen molar-refractivity contribution < 1.29 is 13.2 Å². The fraction of sp³-hybridized carbons (Fsp3) is 0.450. The van der Waals surface area contributed by atoms with Gasteiger partial charge >= 0.3 is 0 Å². The summed E-state index contributed by atoms with van der Waals surface area (Å²) in [6.07, 6.45) is 0. The van der Waals surface area contributed by atoms with Crippen molar-refractivity contribution in [3.63, 3.8) is 0 Å². The summed E-state index contributed by atoms with van der Waals surface area (Å²) in [6.45, 7) is 5.14. The van der Waals surface area contributed by atoms with Crippen molar-refractivity contribution in [3.8, 4) is 0 Å². The number of hydrogen-bond donors (Lipinski definition) is 2. The lowest BCUT2D eigenvalue weighted by Gasteiger charge is -2.25. The van der Waals surface area contributed by atoms with Crippen LogP contribution < -0.4 is 10.6 Å². The Morgan fingerprint density at radius 2 is 1.87 bits per heavy atom. The molecule has 1 atom stereocenters. The lowest BCUT2D eigenvalue weighted by atomic mass is 10.0. The molecular formula is C20H29IN4O3S2. The van der Waals surface area contributed by atoms with Gasteiger partial charge in [0.1, 0.15) is 4.21 Å². The normalized spacial score (nSPS) is 16.5. The monoisotopic (exact) mass is 564 g/mol. The third-order valence-corrected chi connectivity index (χ3v) is 8.25. The number of halogens is 1. The number of nitrogens with zero attached hydrogens (tertiary/aromatic N) is 2. The number of rotatable bonds is 7. The highest BCUT2D eigenvalue weighted by molar-refractivity contribution is 14.0. The smallest absolute Gasteiger partial charge is 0.252 e. The number of aliphatic imine (C=N–C) groups is 1. The topological polar surface area (TPSA) is 83.0 Å². The molecule has 0 radical (unpaired) electrons. The van der Waals surface area contributed by atoms with E-state index in [4.69, 9.17) is 4.74 Å². The van der Waals surface area contributed by atoms with Crippen molar-refractivity contribution in [2.75, 3.05) is 39.9 Å². The van der Waals surface area contributed by atoms with Gasteiger partial charge in [0.15, 0.2) is 5.96 Å². The first-order valence-corrected chi connectivity index (χ1v) is 11.9. The van der Waals surface area contributed by atoms with E-state index in [-0.39, 0.29) is 24.0 Å². The largest absolute Gasteiger partial charge is 0.379 e. The van der Waals surface area contributed by atoms with E-state index in [1.54, 1.807) is 13.1 Å². The molecule has 1 aliphatic rings. The standard InChI is InChI=1S/C20H28N4O3S2.HI/c1-16(17-6-4-3-5-7-17)14-22-20(21-2)23-15-18-8-9-19(28-18)29(25,26)24-10-12-27-13-11-24;/h3-9,16H,10-15H2,1-2H3,(H2,21,22,23);1H. The van der Waals surface area contributed by atoms with Gasteiger partial charge in [0.2, 0.25) is 0 Å². The molecular weight excluding hydrogens is 535 g/mol. The molecule has 166 valence electrons. The number of nitrogens with one attached hydrogen (secondary N) is 2. The quantitative estimate of drug-likeness (QED) is 0.307. The minimum Gasteiger partial charge on any atom is -0.379 e. The molecule has 1 unspecified atom stereocenters. The molecule has 2 N–H and O–H groups in total. The zero-order chi connectivity index (χ0) is 20.7. The lowest BCUT2D eigenvalue weighted by molar-refractivity contribution is 0.0731. The van der Waals surface area contributed by atoms with Crippen LogP contribution in [-0.4, -0.2) is 58.6 Å². The Hall–Kier alpha value is -1.21. The minimum atomic E-state index is -3.44. The molecule has 0 aliphatic carbocycles. The van der Waals surface area contributed by atoms with E-state index in [1.165, 1.54) is 21.2 Å². The summed E-state index contributed by atoms with van der Waals surface area (Å²) >= 11 is 1.29. The molecule has 0 bridgehead atoms. The van der Waals surface area contributed by atoms with E-state index in [0.717, 1.165) is 11.4 Å². The van der Waals surface area contributed by atoms with Gasteiger partial charge in [-0.2, -0.15) is 4.31 Å². The predicted octanol–water partition coefficient (Wildman–Crippen LogP) is 2.86. The zero-order valence-corrected chi connectivity index (χ0v) is 21.2. The van der Waals surface area contributed by atoms with Gasteiger partial charge in [-0.15, -0.1) is 35.3 Å². The molecule has 7 nitrogen and oxygen atoms in total. The average molecular weight is 565 g/mol. The maximum Gasteiger partial charge on any atom is 0.252 e. The number of benzene rings is 1. The highest BCUT2D eigenvalue weighted by Gasteiger charge is 2.27. The van der Waals surface area contributed by atoms with Crippen LogP contribution in [0.15, 0.2) is 51.7 Å². The summed E-state index contributed by atoms with van der Waals surface area (Å²) in [4.78, 5) is 5.20. The highest BCUT2D eigenvalue weighted by Crippen LogP contribution is 2.25. The second kappa shape index (κ2) is 12.0. The molecule has 30 heavy (non-hydrogen) atoms. The first kappa shape index (κ1) is 25.1. The number of hydrogen-bond acceptors (Lipinski definition) is 5. The first-order chi connectivity index (χ1) is 14.0. The van der Waals surface area contributed by atoms with Crippen LogP contribution in [0.2, 0.25) is 0 Å². The molecule has 2 aromatic rings. The summed E-state index contributed by atoms with van der Waals surface area (Å²) in [7, 11) is -1.71. The van der Waals surface area contributed by atoms with E-state index >= 15 is 0 Å². The molecule has 0 amide bonds. The Morgan fingerprint density at radius 3 is 2.53 bits per heavy atom. The first-order valence-electron chi connectivity index (χ1n) is 9.67. The summed E-state index contributed by atoms with van der Waals surface area (Å²) < 4.78 is 32.6. The van der Waals surface area contributed by atoms with Gasteiger partial charge in [-0.3, -0.25) is 4.99 Å². The van der Waals surface area contributed by atoms with Gasteiger partial charge < -0.3 is 15.4 Å². The fourth-order valence-corrected chi connectivity index (χ4v) is 5.90. The molecule has 1 saturated heterocycles. The van der Waals surface area contributed by atoms with E-state index in [1.807, 2.05) is 24.3 Å². The van der Waals surface area contributed by atoms with E-state index in [2.05, 4.69) is 34.7 Å². The van der Waals surface area contributed by atoms with Crippen molar-refractivity contribution in [1.82, 2.24) is 14.9 Å². The molecule has 0 saturated carbocycles. The van der Waals surface area contributed by atoms with Crippen molar-refractivity contribution in [1.29, 1.82) is 0 Å². The van der Waals surface area contributed by atoms with Gasteiger partial charge in [-0.05, 0) is 23.6 Å². The van der Waals surface area contributed by atoms with Gasteiger partial charge in [0, 0.05) is 31.6 Å². The van der Waals surface area contributed by atoms with Crippen LogP contribution in [-0.2, 0) is 21.3 Å². The molecule has 1 aromatic heterocycles. The predicted molar refractivity (Wildman–Crippen MR) is 132 cm³/mol. The molecule has 2 heterocycles. The number of ether oxygens (including phenoxy) is 1. The van der Waals surface area contributed by atoms with Crippen LogP contribution in [0.5, 0.6) is 0 Å². The van der Waals surface area contributed by atoms with Crippen LogP contribution in [0.25, 0.3) is 0 Å². The van der Waals surface area contributed by atoms with Crippen LogP contribution in [0.3, 0.4) is 0 Å². The number of guanidine groups is 1. The highest BCUT2D eigenvalue weighted by atomic mass is 127. The molecule has 1 fully saturated rings. The Bertz CT molecular complexity index is 913.